The van der Waals surface area contributed by atoms with E-state index in [0.717, 1.165) is 5.75 Å². The molecule has 0 aliphatic carbocycles. The van der Waals surface area contributed by atoms with E-state index in [4.69, 9.17) is 5.11 Å². The third-order valence-electron chi connectivity index (χ3n) is 2.80. The van der Waals surface area contributed by atoms with Gasteiger partial charge in [-0.1, -0.05) is 30.8 Å². The molecule has 0 spiro atoms. The predicted molar refractivity (Wildman–Crippen MR) is 75.1 cm³/mol. The maximum Gasteiger partial charge on any atom is 0.327 e. The molecule has 2 aromatic rings. The van der Waals surface area contributed by atoms with Crippen molar-refractivity contribution >= 4 is 34.7 Å². The van der Waals surface area contributed by atoms with E-state index in [1.165, 1.54) is 16.3 Å². The highest BCUT2D eigenvalue weighted by molar-refractivity contribution is 7.99. The summed E-state index contributed by atoms with van der Waals surface area (Å²) < 4.78 is 1.50. The Bertz CT molecular complexity index is 653. The lowest BCUT2D eigenvalue weighted by atomic mass is 10.2. The number of thioether (sulfide) groups is 1. The van der Waals surface area contributed by atoms with Crippen LogP contribution in [0.5, 0.6) is 0 Å². The Morgan fingerprint density at radius 2 is 2.05 bits per heavy atom. The first-order chi connectivity index (χ1) is 9.54. The molecule has 0 radical (unpaired) electrons. The van der Waals surface area contributed by atoms with Gasteiger partial charge < -0.3 is 14.8 Å². The zero-order chi connectivity index (χ0) is 14.7. The van der Waals surface area contributed by atoms with Gasteiger partial charge in [0.05, 0.1) is 17.5 Å². The molecule has 0 aliphatic heterocycles. The average molecular weight is 294 g/mol. The molecule has 1 aromatic carbocycles. The van der Waals surface area contributed by atoms with Crippen molar-refractivity contribution in [3.63, 3.8) is 0 Å². The highest BCUT2D eigenvalue weighted by atomic mass is 32.2. The number of fused-ring (bicyclic) bond motifs is 1. The van der Waals surface area contributed by atoms with E-state index in [-0.39, 0.29) is 0 Å². The minimum Gasteiger partial charge on any atom is -0.481 e. The second-order valence-electron chi connectivity index (χ2n) is 4.14. The van der Waals surface area contributed by atoms with Crippen LogP contribution in [0.25, 0.3) is 11.0 Å². The van der Waals surface area contributed by atoms with Gasteiger partial charge in [0, 0.05) is 0 Å². The zero-order valence-electron chi connectivity index (χ0n) is 10.8. The van der Waals surface area contributed by atoms with Crippen LogP contribution in [-0.4, -0.2) is 37.5 Å². The lowest BCUT2D eigenvalue weighted by Gasteiger charge is -2.15. The van der Waals surface area contributed by atoms with E-state index in [0.29, 0.717) is 16.2 Å². The van der Waals surface area contributed by atoms with Crippen molar-refractivity contribution in [3.05, 3.63) is 24.3 Å². The second kappa shape index (κ2) is 5.96. The molecule has 106 valence electrons. The molecule has 20 heavy (non-hydrogen) atoms. The molecule has 7 heteroatoms. The van der Waals surface area contributed by atoms with Crippen LogP contribution in [0.4, 0.5) is 0 Å². The average Bonchev–Trinajstić information content (AvgIpc) is 2.74. The van der Waals surface area contributed by atoms with Gasteiger partial charge in [0.15, 0.2) is 5.16 Å². The summed E-state index contributed by atoms with van der Waals surface area (Å²) in [6.45, 7) is 1.93. The number of carboxylic acid groups (broad SMARTS) is 2. The Hall–Kier alpha value is -2.02. The van der Waals surface area contributed by atoms with Gasteiger partial charge in [-0.25, -0.2) is 9.78 Å². The van der Waals surface area contributed by atoms with Gasteiger partial charge >= 0.3 is 11.9 Å². The summed E-state index contributed by atoms with van der Waals surface area (Å²) in [7, 11) is 0. The molecule has 0 aliphatic rings. The number of para-hydroxylation sites is 2. The smallest absolute Gasteiger partial charge is 0.327 e. The first kappa shape index (κ1) is 14.4. The van der Waals surface area contributed by atoms with Crippen molar-refractivity contribution in [2.24, 2.45) is 0 Å². The fourth-order valence-electron chi connectivity index (χ4n) is 2.01. The number of hydrogen-bond acceptors (Lipinski definition) is 4. The Labute approximate surface area is 119 Å². The van der Waals surface area contributed by atoms with Gasteiger partial charge in [0.1, 0.15) is 6.04 Å². The van der Waals surface area contributed by atoms with Crippen LogP contribution in [0, 0.1) is 0 Å². The van der Waals surface area contributed by atoms with Gasteiger partial charge in [-0.3, -0.25) is 4.79 Å². The summed E-state index contributed by atoms with van der Waals surface area (Å²) in [6, 6.07) is 5.97. The number of aliphatic carboxylic acids is 2. The SMILES string of the molecule is CCSc1nc2ccccc2n1C(CC(=O)O)C(=O)O. The van der Waals surface area contributed by atoms with E-state index in [1.54, 1.807) is 18.2 Å². The molecule has 0 saturated heterocycles. The van der Waals surface area contributed by atoms with Crippen molar-refractivity contribution in [3.8, 4) is 0 Å². The molecule has 0 saturated carbocycles. The Kier molecular flexibility index (Phi) is 4.29. The van der Waals surface area contributed by atoms with E-state index in [1.807, 2.05) is 13.0 Å². The molecule has 0 fully saturated rings. The molecule has 2 N–H and O–H groups in total. The minimum atomic E-state index is -1.17. The summed E-state index contributed by atoms with van der Waals surface area (Å²) in [5.74, 6) is -1.60. The Morgan fingerprint density at radius 1 is 1.35 bits per heavy atom. The lowest BCUT2D eigenvalue weighted by molar-refractivity contribution is -0.147. The van der Waals surface area contributed by atoms with E-state index in [9.17, 15) is 14.7 Å². The number of carbonyl (C=O) groups is 2. The predicted octanol–water partition coefficient (Wildman–Crippen LogP) is 2.25. The topological polar surface area (TPSA) is 92.4 Å². The first-order valence-electron chi connectivity index (χ1n) is 6.09. The first-order valence-corrected chi connectivity index (χ1v) is 7.07. The molecule has 1 heterocycles. The van der Waals surface area contributed by atoms with Crippen molar-refractivity contribution in [1.82, 2.24) is 9.55 Å². The number of rotatable bonds is 6. The van der Waals surface area contributed by atoms with Crippen LogP contribution in [0.3, 0.4) is 0 Å². The van der Waals surface area contributed by atoms with E-state index in [2.05, 4.69) is 4.98 Å². The fraction of sp³-hybridized carbons (Fsp3) is 0.308. The minimum absolute atomic E-state index is 0.479. The molecule has 0 amide bonds. The lowest BCUT2D eigenvalue weighted by Crippen LogP contribution is -2.22. The maximum absolute atomic E-state index is 11.4. The third-order valence-corrected chi connectivity index (χ3v) is 3.64. The highest BCUT2D eigenvalue weighted by Crippen LogP contribution is 2.29. The molecule has 1 unspecified atom stereocenters. The summed E-state index contributed by atoms with van der Waals surface area (Å²) in [6.07, 6.45) is -0.479. The van der Waals surface area contributed by atoms with Crippen molar-refractivity contribution in [2.75, 3.05) is 5.75 Å². The zero-order valence-corrected chi connectivity index (χ0v) is 11.6. The number of hydrogen-bond donors (Lipinski definition) is 2. The van der Waals surface area contributed by atoms with E-state index >= 15 is 0 Å². The molecular weight excluding hydrogens is 280 g/mol. The molecule has 2 rings (SSSR count). The number of nitrogens with zero attached hydrogens (tertiary/aromatic N) is 2. The molecular formula is C13H14N2O4S. The third kappa shape index (κ3) is 2.77. The number of benzene rings is 1. The Morgan fingerprint density at radius 3 is 2.65 bits per heavy atom. The van der Waals surface area contributed by atoms with Crippen LogP contribution in [0.2, 0.25) is 0 Å². The summed E-state index contributed by atoms with van der Waals surface area (Å²) in [5.41, 5.74) is 1.30. The quantitative estimate of drug-likeness (QED) is 0.794. The van der Waals surface area contributed by atoms with E-state index < -0.39 is 24.4 Å². The van der Waals surface area contributed by atoms with Gasteiger partial charge in [-0.2, -0.15) is 0 Å². The van der Waals surface area contributed by atoms with Crippen molar-refractivity contribution in [1.29, 1.82) is 0 Å². The van der Waals surface area contributed by atoms with Gasteiger partial charge in [0.25, 0.3) is 0 Å². The van der Waals surface area contributed by atoms with Crippen molar-refractivity contribution < 1.29 is 19.8 Å². The maximum atomic E-state index is 11.4. The molecule has 1 aromatic heterocycles. The van der Waals surface area contributed by atoms with Crippen molar-refractivity contribution in [2.45, 2.75) is 24.5 Å². The second-order valence-corrected chi connectivity index (χ2v) is 5.37. The van der Waals surface area contributed by atoms with Crippen LogP contribution in [-0.2, 0) is 9.59 Å². The molecule has 1 atom stereocenters. The molecule has 6 nitrogen and oxygen atoms in total. The van der Waals surface area contributed by atoms with Crippen LogP contribution in [0.1, 0.15) is 19.4 Å². The fourth-order valence-corrected chi connectivity index (χ4v) is 2.79. The van der Waals surface area contributed by atoms with Gasteiger partial charge in [0.2, 0.25) is 0 Å². The monoisotopic (exact) mass is 294 g/mol. The van der Waals surface area contributed by atoms with Gasteiger partial charge in [-0.15, -0.1) is 0 Å². The standard InChI is InChI=1S/C13H14N2O4S/c1-2-20-13-14-8-5-3-4-6-9(8)15(13)10(12(18)19)7-11(16)17/h3-6,10H,2,7H2,1H3,(H,16,17)(H,18,19). The number of imidazole rings is 1. The number of carboxylic acids is 2. The highest BCUT2D eigenvalue weighted by Gasteiger charge is 2.27. The van der Waals surface area contributed by atoms with Gasteiger partial charge in [-0.05, 0) is 17.9 Å². The van der Waals surface area contributed by atoms with Crippen LogP contribution >= 0.6 is 11.8 Å². The van der Waals surface area contributed by atoms with Crippen LogP contribution in [0.15, 0.2) is 29.4 Å². The summed E-state index contributed by atoms with van der Waals surface area (Å²) in [4.78, 5) is 26.7. The van der Waals surface area contributed by atoms with Crippen LogP contribution < -0.4 is 0 Å². The molecule has 0 bridgehead atoms. The largest absolute Gasteiger partial charge is 0.481 e. The normalized spacial score (nSPS) is 12.4. The number of aromatic nitrogens is 2. The summed E-state index contributed by atoms with van der Waals surface area (Å²) >= 11 is 1.40. The summed E-state index contributed by atoms with van der Waals surface area (Å²) in [5, 5.41) is 18.8. The Balaban J connectivity index is 2.61.